The van der Waals surface area contributed by atoms with Crippen LogP contribution in [0.4, 0.5) is 0 Å². The first kappa shape index (κ1) is 20.7. The minimum absolute atomic E-state index is 0.172. The Bertz CT molecular complexity index is 550. The van der Waals surface area contributed by atoms with E-state index in [1.807, 2.05) is 6.92 Å². The van der Waals surface area contributed by atoms with Crippen LogP contribution in [0.15, 0.2) is 11.8 Å². The molecule has 4 heteroatoms. The average Bonchev–Trinajstić information content (AvgIpc) is 2.57. The number of carbonyl (C=O) groups excluding carboxylic acids is 1. The summed E-state index contributed by atoms with van der Waals surface area (Å²) in [6.45, 7) is 14.5. The molecule has 0 radical (unpaired) electrons. The van der Waals surface area contributed by atoms with Crippen LogP contribution in [-0.2, 0) is 4.79 Å². The third-order valence-electron chi connectivity index (χ3n) is 7.03. The van der Waals surface area contributed by atoms with Gasteiger partial charge in [0.1, 0.15) is 0 Å². The maximum Gasteiger partial charge on any atom is 0.219 e. The first-order chi connectivity index (χ1) is 12.8. The molecule has 0 spiro atoms. The van der Waals surface area contributed by atoms with E-state index in [2.05, 4.69) is 48.9 Å². The smallest absolute Gasteiger partial charge is 0.219 e. The molecule has 2 aliphatic heterocycles. The van der Waals surface area contributed by atoms with Crippen LogP contribution in [0.25, 0.3) is 0 Å². The van der Waals surface area contributed by atoms with Crippen LogP contribution in [-0.4, -0.2) is 53.0 Å². The van der Waals surface area contributed by atoms with Gasteiger partial charge in [0, 0.05) is 49.4 Å². The van der Waals surface area contributed by atoms with Gasteiger partial charge in [-0.3, -0.25) is 9.69 Å². The maximum atomic E-state index is 11.7. The molecular formula is C23H41N3O. The summed E-state index contributed by atoms with van der Waals surface area (Å²) in [7, 11) is 0. The van der Waals surface area contributed by atoms with Crippen molar-refractivity contribution in [1.82, 2.24) is 15.1 Å². The molecule has 3 unspecified atom stereocenters. The van der Waals surface area contributed by atoms with Crippen molar-refractivity contribution in [2.45, 2.75) is 97.2 Å². The number of likely N-dealkylation sites (tertiary alicyclic amines) is 1. The summed E-state index contributed by atoms with van der Waals surface area (Å²) in [5, 5.41) is 3.14. The van der Waals surface area contributed by atoms with Gasteiger partial charge in [0.15, 0.2) is 0 Å². The molecule has 27 heavy (non-hydrogen) atoms. The Morgan fingerprint density at radius 2 is 1.96 bits per heavy atom. The van der Waals surface area contributed by atoms with E-state index in [0.29, 0.717) is 12.5 Å². The molecule has 2 heterocycles. The molecule has 1 aliphatic carbocycles. The molecule has 4 nitrogen and oxygen atoms in total. The lowest BCUT2D eigenvalue weighted by Crippen LogP contribution is -2.57. The molecule has 0 aromatic heterocycles. The highest BCUT2D eigenvalue weighted by molar-refractivity contribution is 5.75. The van der Waals surface area contributed by atoms with E-state index in [1.54, 1.807) is 5.70 Å². The summed E-state index contributed by atoms with van der Waals surface area (Å²) < 4.78 is 0. The Morgan fingerprint density at radius 1 is 1.26 bits per heavy atom. The molecule has 0 aromatic rings. The zero-order chi connectivity index (χ0) is 19.6. The van der Waals surface area contributed by atoms with Crippen molar-refractivity contribution >= 4 is 5.91 Å². The van der Waals surface area contributed by atoms with E-state index in [1.165, 1.54) is 38.6 Å². The molecule has 0 aromatic carbocycles. The summed E-state index contributed by atoms with van der Waals surface area (Å²) in [6.07, 6.45) is 11.1. The van der Waals surface area contributed by atoms with Crippen molar-refractivity contribution in [1.29, 1.82) is 0 Å². The van der Waals surface area contributed by atoms with Crippen molar-refractivity contribution in [3.8, 4) is 0 Å². The monoisotopic (exact) mass is 375 g/mol. The molecule has 0 bridgehead atoms. The molecule has 1 saturated carbocycles. The molecule has 2 fully saturated rings. The van der Waals surface area contributed by atoms with Gasteiger partial charge in [-0.1, -0.05) is 26.2 Å². The maximum absolute atomic E-state index is 11.7. The van der Waals surface area contributed by atoms with Crippen molar-refractivity contribution in [3.63, 3.8) is 0 Å². The fraction of sp³-hybridized carbons (Fsp3) is 0.870. The molecule has 1 saturated heterocycles. The molecule has 3 rings (SSSR count). The lowest BCUT2D eigenvalue weighted by atomic mass is 9.71. The fourth-order valence-electron chi connectivity index (χ4n) is 5.33. The summed E-state index contributed by atoms with van der Waals surface area (Å²) in [5.41, 5.74) is 1.78. The minimum Gasteiger partial charge on any atom is -0.365 e. The second kappa shape index (κ2) is 8.55. The largest absolute Gasteiger partial charge is 0.365 e. The molecule has 3 aliphatic rings. The Kier molecular flexibility index (Phi) is 6.55. The predicted octanol–water partition coefficient (Wildman–Crippen LogP) is 4.17. The standard InChI is InChI=1S/C23H41N3O/c1-6-22(27)24-17(2)11-13-25-16-19-10-8-7-9-18(19)15-21(25)20-12-14-26(20)23(3,4)5/h12,17-19,21H,6-11,13-16H2,1-5H3,(H,24,27)/t17?,18?,19-,21?/m1/s1. The SMILES string of the molecule is CCC(=O)NC(C)CCN1C[C@H]2CCCCC2CC1C1=CCN1C(C)(C)C. The van der Waals surface area contributed by atoms with Crippen LogP contribution in [0.1, 0.15) is 79.6 Å². The van der Waals surface area contributed by atoms with Gasteiger partial charge in [-0.2, -0.15) is 0 Å². The Hall–Kier alpha value is -1.03. The Labute approximate surface area is 166 Å². The number of rotatable bonds is 6. The summed E-state index contributed by atoms with van der Waals surface area (Å²) in [5.74, 6) is 1.98. The number of hydrogen-bond acceptors (Lipinski definition) is 3. The lowest BCUT2D eigenvalue weighted by molar-refractivity contribution is -0.121. The Balaban J connectivity index is 1.67. The number of nitrogens with zero attached hydrogens (tertiary/aromatic N) is 2. The van der Waals surface area contributed by atoms with Gasteiger partial charge in [0.25, 0.3) is 0 Å². The zero-order valence-electron chi connectivity index (χ0n) is 18.3. The van der Waals surface area contributed by atoms with E-state index >= 15 is 0 Å². The second-order valence-electron chi connectivity index (χ2n) is 10.1. The van der Waals surface area contributed by atoms with Crippen LogP contribution in [0.5, 0.6) is 0 Å². The van der Waals surface area contributed by atoms with Gasteiger partial charge in [0.05, 0.1) is 0 Å². The van der Waals surface area contributed by atoms with Crippen LogP contribution >= 0.6 is 0 Å². The first-order valence-electron chi connectivity index (χ1n) is 11.3. The highest BCUT2D eigenvalue weighted by Gasteiger charge is 2.42. The average molecular weight is 376 g/mol. The number of fused-ring (bicyclic) bond motifs is 1. The molecule has 1 amide bonds. The van der Waals surface area contributed by atoms with Gasteiger partial charge < -0.3 is 10.2 Å². The lowest BCUT2D eigenvalue weighted by Gasteiger charge is -2.54. The van der Waals surface area contributed by atoms with Gasteiger partial charge in [-0.05, 0) is 64.9 Å². The first-order valence-corrected chi connectivity index (χ1v) is 11.3. The third-order valence-corrected chi connectivity index (χ3v) is 7.03. The molecule has 154 valence electrons. The van der Waals surface area contributed by atoms with Crippen LogP contribution in [0.2, 0.25) is 0 Å². The number of amides is 1. The van der Waals surface area contributed by atoms with E-state index in [9.17, 15) is 4.79 Å². The van der Waals surface area contributed by atoms with E-state index in [-0.39, 0.29) is 17.5 Å². The fourth-order valence-corrected chi connectivity index (χ4v) is 5.33. The number of hydrogen-bond donors (Lipinski definition) is 1. The number of carbonyl (C=O) groups is 1. The highest BCUT2D eigenvalue weighted by atomic mass is 16.1. The number of nitrogens with one attached hydrogen (secondary N) is 1. The minimum atomic E-state index is 0.172. The highest BCUT2D eigenvalue weighted by Crippen LogP contribution is 2.43. The molecule has 4 atom stereocenters. The van der Waals surface area contributed by atoms with E-state index in [4.69, 9.17) is 0 Å². The topological polar surface area (TPSA) is 35.6 Å². The predicted molar refractivity (Wildman–Crippen MR) is 112 cm³/mol. The zero-order valence-corrected chi connectivity index (χ0v) is 18.3. The second-order valence-corrected chi connectivity index (χ2v) is 10.1. The summed E-state index contributed by atoms with van der Waals surface area (Å²) >= 11 is 0. The van der Waals surface area contributed by atoms with Gasteiger partial charge in [0.2, 0.25) is 5.91 Å². The van der Waals surface area contributed by atoms with E-state index < -0.39 is 0 Å². The summed E-state index contributed by atoms with van der Waals surface area (Å²) in [4.78, 5) is 17.1. The van der Waals surface area contributed by atoms with Crippen molar-refractivity contribution in [3.05, 3.63) is 11.8 Å². The van der Waals surface area contributed by atoms with E-state index in [0.717, 1.165) is 31.3 Å². The third kappa shape index (κ3) is 4.88. The quantitative estimate of drug-likeness (QED) is 0.757. The van der Waals surface area contributed by atoms with Crippen molar-refractivity contribution < 1.29 is 4.79 Å². The summed E-state index contributed by atoms with van der Waals surface area (Å²) in [6, 6.07) is 0.836. The normalized spacial score (nSPS) is 30.2. The molecule has 1 N–H and O–H groups in total. The van der Waals surface area contributed by atoms with Crippen molar-refractivity contribution in [2.75, 3.05) is 19.6 Å². The molecular weight excluding hydrogens is 334 g/mol. The van der Waals surface area contributed by atoms with Crippen LogP contribution < -0.4 is 5.32 Å². The van der Waals surface area contributed by atoms with Gasteiger partial charge in [-0.25, -0.2) is 0 Å². The van der Waals surface area contributed by atoms with Gasteiger partial charge in [-0.15, -0.1) is 0 Å². The van der Waals surface area contributed by atoms with Crippen LogP contribution in [0, 0.1) is 11.8 Å². The Morgan fingerprint density at radius 3 is 2.56 bits per heavy atom. The van der Waals surface area contributed by atoms with Crippen LogP contribution in [0.3, 0.4) is 0 Å². The van der Waals surface area contributed by atoms with Crippen molar-refractivity contribution in [2.24, 2.45) is 11.8 Å². The number of piperidine rings is 1. The van der Waals surface area contributed by atoms with Gasteiger partial charge >= 0.3 is 0 Å².